The Hall–Kier alpha value is -3.23. The van der Waals surface area contributed by atoms with Gasteiger partial charge in [0.25, 0.3) is 0 Å². The molecule has 1 aliphatic carbocycles. The molecule has 3 aromatic rings. The summed E-state index contributed by atoms with van der Waals surface area (Å²) in [5, 5.41) is 18.7. The molecule has 0 amide bonds. The summed E-state index contributed by atoms with van der Waals surface area (Å²) in [5.41, 5.74) is 2.38. The Morgan fingerprint density at radius 2 is 2.08 bits per heavy atom. The molecule has 0 bridgehead atoms. The van der Waals surface area contributed by atoms with Gasteiger partial charge >= 0.3 is 5.97 Å². The van der Waals surface area contributed by atoms with E-state index in [1.807, 2.05) is 27.7 Å². The minimum absolute atomic E-state index is 0.00134. The van der Waals surface area contributed by atoms with Gasteiger partial charge in [-0.15, -0.1) is 0 Å². The monoisotopic (exact) mass is 551 g/mol. The van der Waals surface area contributed by atoms with E-state index in [2.05, 4.69) is 41.0 Å². The number of rotatable bonds is 14. The molecule has 0 spiro atoms. The van der Waals surface area contributed by atoms with Gasteiger partial charge in [0.2, 0.25) is 0 Å². The zero-order valence-corrected chi connectivity index (χ0v) is 24.7. The standard InChI is InChI=1S/C28H41N7O3Si/c1-5-38-25(36)11-14-30-27-23(18-35(33-27)24(10-13-29)21-8-6-7-9-21)26-22-12-15-34(28(22)32-19-31-26)20-37-16-17-39(2,3)4/h12,15,18-19,21,24H,5-11,14,16-17,20H2,1-4H3,(H,30,33). The average Bonchev–Trinajstić information content (AvgIpc) is 3.65. The highest BCUT2D eigenvalue weighted by Gasteiger charge is 2.29. The first-order valence-electron chi connectivity index (χ1n) is 14.0. The third-order valence-electron chi connectivity index (χ3n) is 7.28. The molecule has 1 unspecified atom stereocenters. The molecule has 3 heterocycles. The van der Waals surface area contributed by atoms with Gasteiger partial charge in [0.05, 0.1) is 42.8 Å². The Balaban J connectivity index is 1.63. The molecule has 0 aliphatic heterocycles. The molecule has 1 saturated carbocycles. The average molecular weight is 552 g/mol. The molecule has 210 valence electrons. The van der Waals surface area contributed by atoms with Crippen LogP contribution in [0.15, 0.2) is 24.8 Å². The van der Waals surface area contributed by atoms with Crippen LogP contribution in [0.2, 0.25) is 25.7 Å². The minimum Gasteiger partial charge on any atom is -0.466 e. The lowest BCUT2D eigenvalue weighted by atomic mass is 9.96. The maximum absolute atomic E-state index is 11.9. The Labute approximate surface area is 231 Å². The summed E-state index contributed by atoms with van der Waals surface area (Å²) in [7, 11) is -1.16. The van der Waals surface area contributed by atoms with Crippen LogP contribution in [0.4, 0.5) is 5.82 Å². The lowest BCUT2D eigenvalue weighted by molar-refractivity contribution is -0.142. The quantitative estimate of drug-likeness (QED) is 0.156. The summed E-state index contributed by atoms with van der Waals surface area (Å²) in [5.74, 6) is 0.805. The van der Waals surface area contributed by atoms with Crippen LogP contribution in [0.25, 0.3) is 22.3 Å². The van der Waals surface area contributed by atoms with Crippen LogP contribution in [0.1, 0.15) is 51.5 Å². The van der Waals surface area contributed by atoms with E-state index < -0.39 is 8.07 Å². The number of hydrogen-bond donors (Lipinski definition) is 1. The van der Waals surface area contributed by atoms with E-state index in [1.165, 1.54) is 12.8 Å². The van der Waals surface area contributed by atoms with Crippen molar-refractivity contribution in [3.63, 3.8) is 0 Å². The second-order valence-electron chi connectivity index (χ2n) is 11.4. The topological polar surface area (TPSA) is 120 Å². The van der Waals surface area contributed by atoms with Crippen molar-refractivity contribution in [2.24, 2.45) is 5.92 Å². The van der Waals surface area contributed by atoms with Gasteiger partial charge in [0.1, 0.15) is 18.7 Å². The molecule has 11 heteroatoms. The fraction of sp³-hybridized carbons (Fsp3) is 0.607. The Morgan fingerprint density at radius 1 is 1.28 bits per heavy atom. The Kier molecular flexibility index (Phi) is 9.75. The first-order chi connectivity index (χ1) is 18.8. The fourth-order valence-corrected chi connectivity index (χ4v) is 5.91. The lowest BCUT2D eigenvalue weighted by Gasteiger charge is -2.21. The number of anilines is 1. The predicted molar refractivity (Wildman–Crippen MR) is 154 cm³/mol. The van der Waals surface area contributed by atoms with Gasteiger partial charge in [0.15, 0.2) is 5.82 Å². The summed E-state index contributed by atoms with van der Waals surface area (Å²) >= 11 is 0. The highest BCUT2D eigenvalue weighted by molar-refractivity contribution is 6.76. The van der Waals surface area contributed by atoms with Crippen LogP contribution in [-0.4, -0.2) is 58.1 Å². The van der Waals surface area contributed by atoms with Crippen LogP contribution in [0, 0.1) is 17.2 Å². The van der Waals surface area contributed by atoms with E-state index in [1.54, 1.807) is 13.3 Å². The SMILES string of the molecule is CCOC(=O)CCNc1nn(C(CC#N)C2CCCC2)cc1-c1ncnc2c1ccn2COCC[Si](C)(C)C. The molecule has 3 aromatic heterocycles. The van der Waals surface area contributed by atoms with Crippen molar-refractivity contribution in [1.29, 1.82) is 5.26 Å². The first-order valence-corrected chi connectivity index (χ1v) is 17.7. The molecule has 0 aromatic carbocycles. The predicted octanol–water partition coefficient (Wildman–Crippen LogP) is 5.62. The van der Waals surface area contributed by atoms with Crippen molar-refractivity contribution < 1.29 is 14.3 Å². The van der Waals surface area contributed by atoms with E-state index in [0.29, 0.717) is 38.0 Å². The molecule has 39 heavy (non-hydrogen) atoms. The molecule has 1 atom stereocenters. The normalized spacial score (nSPS) is 14.9. The van der Waals surface area contributed by atoms with Gasteiger partial charge in [-0.1, -0.05) is 32.5 Å². The largest absolute Gasteiger partial charge is 0.466 e. The number of esters is 1. The maximum atomic E-state index is 11.9. The fourth-order valence-electron chi connectivity index (χ4n) is 5.16. The molecule has 1 N–H and O–H groups in total. The summed E-state index contributed by atoms with van der Waals surface area (Å²) < 4.78 is 15.0. The van der Waals surface area contributed by atoms with Gasteiger partial charge in [-0.25, -0.2) is 9.97 Å². The summed E-state index contributed by atoms with van der Waals surface area (Å²) in [6.45, 7) is 10.7. The molecule has 4 rings (SSSR count). The third kappa shape index (κ3) is 7.45. The van der Waals surface area contributed by atoms with Gasteiger partial charge in [-0.05, 0) is 37.8 Å². The van der Waals surface area contributed by atoms with Crippen molar-refractivity contribution in [2.75, 3.05) is 25.1 Å². The Bertz CT molecular complexity index is 1280. The molecular weight excluding hydrogens is 510 g/mol. The summed E-state index contributed by atoms with van der Waals surface area (Å²) in [6, 6.07) is 5.48. The van der Waals surface area contributed by atoms with Crippen molar-refractivity contribution in [1.82, 2.24) is 24.3 Å². The van der Waals surface area contributed by atoms with Crippen LogP contribution >= 0.6 is 0 Å². The zero-order valence-electron chi connectivity index (χ0n) is 23.7. The van der Waals surface area contributed by atoms with Crippen LogP contribution < -0.4 is 5.32 Å². The van der Waals surface area contributed by atoms with Crippen molar-refractivity contribution in [2.45, 2.75) is 83.9 Å². The number of aromatic nitrogens is 5. The van der Waals surface area contributed by atoms with Crippen molar-refractivity contribution in [3.05, 3.63) is 24.8 Å². The van der Waals surface area contributed by atoms with Crippen molar-refractivity contribution in [3.8, 4) is 17.3 Å². The number of fused-ring (bicyclic) bond motifs is 1. The van der Waals surface area contributed by atoms with E-state index in [4.69, 9.17) is 14.6 Å². The molecule has 1 fully saturated rings. The van der Waals surface area contributed by atoms with Crippen molar-refractivity contribution >= 4 is 30.9 Å². The van der Waals surface area contributed by atoms with E-state index in [-0.39, 0.29) is 18.4 Å². The van der Waals surface area contributed by atoms with Gasteiger partial charge < -0.3 is 19.4 Å². The summed E-state index contributed by atoms with van der Waals surface area (Å²) in [6.07, 6.45) is 10.8. The smallest absolute Gasteiger partial charge is 0.307 e. The van der Waals surface area contributed by atoms with E-state index >= 15 is 0 Å². The number of carbonyl (C=O) groups is 1. The van der Waals surface area contributed by atoms with Crippen LogP contribution in [0.3, 0.4) is 0 Å². The molecular formula is C28H41N7O3Si. The van der Waals surface area contributed by atoms with E-state index in [9.17, 15) is 10.1 Å². The van der Waals surface area contributed by atoms with Crippen LogP contribution in [-0.2, 0) is 21.0 Å². The second kappa shape index (κ2) is 13.2. The number of nitrogens with one attached hydrogen (secondary N) is 1. The highest BCUT2D eigenvalue weighted by Crippen LogP contribution is 2.38. The van der Waals surface area contributed by atoms with Crippen LogP contribution in [0.5, 0.6) is 0 Å². The molecule has 1 aliphatic rings. The first kappa shape index (κ1) is 28.8. The minimum atomic E-state index is -1.16. The number of carbonyl (C=O) groups excluding carboxylic acids is 1. The number of ether oxygens (including phenoxy) is 2. The molecule has 0 saturated heterocycles. The van der Waals surface area contributed by atoms with Gasteiger partial charge in [0, 0.05) is 39.0 Å². The number of hydrogen-bond acceptors (Lipinski definition) is 8. The molecule has 0 radical (unpaired) electrons. The maximum Gasteiger partial charge on any atom is 0.307 e. The van der Waals surface area contributed by atoms with E-state index in [0.717, 1.165) is 47.8 Å². The lowest BCUT2D eigenvalue weighted by Crippen LogP contribution is -2.22. The number of nitrogens with zero attached hydrogens (tertiary/aromatic N) is 6. The van der Waals surface area contributed by atoms with Gasteiger partial charge in [-0.3, -0.25) is 9.48 Å². The molecule has 10 nitrogen and oxygen atoms in total. The van der Waals surface area contributed by atoms with Gasteiger partial charge in [-0.2, -0.15) is 10.4 Å². The number of nitriles is 1. The second-order valence-corrected chi connectivity index (χ2v) is 17.0. The summed E-state index contributed by atoms with van der Waals surface area (Å²) in [4.78, 5) is 21.2. The third-order valence-corrected chi connectivity index (χ3v) is 8.99. The zero-order chi connectivity index (χ0) is 27.8. The highest BCUT2D eigenvalue weighted by atomic mass is 28.3. The Morgan fingerprint density at radius 3 is 2.79 bits per heavy atom.